The SMILES string of the molecule is COc1cc(Cc2nccc(-c3ccc(OC4CCOCC4)c(C#N)c3)n2)ccc1OCCOCCNS(C)(=O)=O. The van der Waals surface area contributed by atoms with Crippen LogP contribution in [0.1, 0.15) is 29.8 Å². The van der Waals surface area contributed by atoms with Crippen molar-refractivity contribution in [2.75, 3.05) is 52.9 Å². The van der Waals surface area contributed by atoms with Crippen LogP contribution in [0.4, 0.5) is 0 Å². The van der Waals surface area contributed by atoms with Crippen molar-refractivity contribution in [1.29, 1.82) is 5.26 Å². The Morgan fingerprint density at radius 3 is 2.61 bits per heavy atom. The van der Waals surface area contributed by atoms with Crippen molar-refractivity contribution >= 4 is 10.0 Å². The first kappa shape index (κ1) is 30.2. The molecule has 0 bridgehead atoms. The topological polar surface area (TPSA) is 142 Å². The number of rotatable bonds is 14. The Morgan fingerprint density at radius 1 is 1.05 bits per heavy atom. The highest BCUT2D eigenvalue weighted by molar-refractivity contribution is 7.88. The predicted molar refractivity (Wildman–Crippen MR) is 152 cm³/mol. The molecule has 1 saturated heterocycles. The molecule has 0 saturated carbocycles. The second-order valence-electron chi connectivity index (χ2n) is 9.40. The maximum atomic E-state index is 11.1. The molecule has 1 aromatic heterocycles. The predicted octanol–water partition coefficient (Wildman–Crippen LogP) is 3.12. The molecule has 3 aromatic rings. The molecule has 0 atom stereocenters. The lowest BCUT2D eigenvalue weighted by molar-refractivity contribution is 0.0254. The number of nitrogens with one attached hydrogen (secondary N) is 1. The van der Waals surface area contributed by atoms with E-state index in [4.69, 9.17) is 28.7 Å². The van der Waals surface area contributed by atoms with Gasteiger partial charge >= 0.3 is 0 Å². The minimum atomic E-state index is -3.23. The number of nitrogens with zero attached hydrogens (tertiary/aromatic N) is 3. The van der Waals surface area contributed by atoms with E-state index in [1.54, 1.807) is 19.4 Å². The van der Waals surface area contributed by atoms with E-state index < -0.39 is 10.0 Å². The number of benzene rings is 2. The lowest BCUT2D eigenvalue weighted by Gasteiger charge is -2.23. The number of hydrogen-bond acceptors (Lipinski definition) is 10. The maximum Gasteiger partial charge on any atom is 0.208 e. The number of ether oxygens (including phenoxy) is 5. The second kappa shape index (κ2) is 14.7. The van der Waals surface area contributed by atoms with Crippen LogP contribution in [0, 0.1) is 11.3 Å². The zero-order valence-electron chi connectivity index (χ0n) is 23.2. The summed E-state index contributed by atoms with van der Waals surface area (Å²) in [7, 11) is -1.66. The van der Waals surface area contributed by atoms with Crippen molar-refractivity contribution in [3.63, 3.8) is 0 Å². The summed E-state index contributed by atoms with van der Waals surface area (Å²) in [5.74, 6) is 2.32. The number of hydrogen-bond donors (Lipinski definition) is 1. The molecule has 2 aromatic carbocycles. The summed E-state index contributed by atoms with van der Waals surface area (Å²) in [6, 6.07) is 15.2. The van der Waals surface area contributed by atoms with E-state index in [2.05, 4.69) is 15.8 Å². The summed E-state index contributed by atoms with van der Waals surface area (Å²) in [6.45, 7) is 2.36. The number of methoxy groups -OCH3 is 1. The molecule has 2 heterocycles. The lowest BCUT2D eigenvalue weighted by atomic mass is 10.1. The Labute approximate surface area is 240 Å². The molecular weight excluding hydrogens is 548 g/mol. The second-order valence-corrected chi connectivity index (χ2v) is 11.2. The zero-order valence-corrected chi connectivity index (χ0v) is 24.0. The summed E-state index contributed by atoms with van der Waals surface area (Å²) in [5, 5.41) is 9.73. The molecule has 41 heavy (non-hydrogen) atoms. The summed E-state index contributed by atoms with van der Waals surface area (Å²) < 4.78 is 52.6. The van der Waals surface area contributed by atoms with Crippen molar-refractivity contribution in [2.45, 2.75) is 25.4 Å². The van der Waals surface area contributed by atoms with Gasteiger partial charge in [0.25, 0.3) is 0 Å². The molecule has 218 valence electrons. The highest BCUT2D eigenvalue weighted by Gasteiger charge is 2.18. The molecule has 12 heteroatoms. The lowest BCUT2D eigenvalue weighted by Crippen LogP contribution is -2.26. The Kier molecular flexibility index (Phi) is 10.9. The average molecular weight is 583 g/mol. The number of aromatic nitrogens is 2. The molecule has 0 amide bonds. The Bertz CT molecular complexity index is 1450. The van der Waals surface area contributed by atoms with Crippen LogP contribution in [0.3, 0.4) is 0 Å². The molecule has 4 rings (SSSR count). The average Bonchev–Trinajstić information content (AvgIpc) is 2.97. The molecule has 11 nitrogen and oxygen atoms in total. The van der Waals surface area contributed by atoms with Crippen LogP contribution in [0.5, 0.6) is 17.2 Å². The van der Waals surface area contributed by atoms with Crippen LogP contribution in [0.25, 0.3) is 11.3 Å². The van der Waals surface area contributed by atoms with Crippen LogP contribution in [-0.2, 0) is 25.9 Å². The molecule has 0 aliphatic carbocycles. The first-order chi connectivity index (χ1) is 19.8. The van der Waals surface area contributed by atoms with E-state index in [-0.39, 0.29) is 25.9 Å². The quantitative estimate of drug-likeness (QED) is 0.282. The Hall–Kier alpha value is -3.76. The summed E-state index contributed by atoms with van der Waals surface area (Å²) in [4.78, 5) is 9.16. The fraction of sp³-hybridized carbons (Fsp3) is 0.414. The van der Waals surface area contributed by atoms with Gasteiger partial charge in [0.1, 0.15) is 30.4 Å². The first-order valence-corrected chi connectivity index (χ1v) is 15.2. The molecule has 0 unspecified atom stereocenters. The van der Waals surface area contributed by atoms with Gasteiger partial charge in [-0.3, -0.25) is 0 Å². The van der Waals surface area contributed by atoms with Crippen molar-refractivity contribution in [2.24, 2.45) is 0 Å². The van der Waals surface area contributed by atoms with E-state index in [0.717, 1.165) is 30.2 Å². The van der Waals surface area contributed by atoms with Crippen molar-refractivity contribution < 1.29 is 32.1 Å². The van der Waals surface area contributed by atoms with Gasteiger partial charge < -0.3 is 23.7 Å². The zero-order chi connectivity index (χ0) is 29.1. The van der Waals surface area contributed by atoms with Gasteiger partial charge in [-0.25, -0.2) is 23.1 Å². The van der Waals surface area contributed by atoms with Crippen LogP contribution >= 0.6 is 0 Å². The van der Waals surface area contributed by atoms with Crippen molar-refractivity contribution in [1.82, 2.24) is 14.7 Å². The molecule has 1 aliphatic heterocycles. The van der Waals surface area contributed by atoms with Gasteiger partial charge in [0.2, 0.25) is 10.0 Å². The third-order valence-corrected chi connectivity index (χ3v) is 6.98. The first-order valence-electron chi connectivity index (χ1n) is 13.3. The van der Waals surface area contributed by atoms with E-state index in [1.807, 2.05) is 36.4 Å². The normalized spacial score (nSPS) is 13.9. The van der Waals surface area contributed by atoms with Crippen molar-refractivity contribution in [3.8, 4) is 34.6 Å². The molecule has 1 N–H and O–H groups in total. The minimum absolute atomic E-state index is 0.0470. The van der Waals surface area contributed by atoms with E-state index in [0.29, 0.717) is 60.6 Å². The van der Waals surface area contributed by atoms with E-state index >= 15 is 0 Å². The standard InChI is InChI=1S/C29H34N4O7S/c1-36-28-17-21(3-5-27(28)39-16-15-38-14-11-32-41(2,34)35)18-29-31-10-7-25(33-29)22-4-6-26(23(19-22)20-30)40-24-8-12-37-13-9-24/h3-7,10,17,19,24,32H,8-9,11-16,18H2,1-2H3. The van der Waals surface area contributed by atoms with Gasteiger partial charge in [-0.2, -0.15) is 5.26 Å². The summed E-state index contributed by atoms with van der Waals surface area (Å²) in [5.41, 5.74) is 2.92. The number of sulfonamides is 1. The van der Waals surface area contributed by atoms with Crippen LogP contribution in [-0.4, -0.2) is 77.4 Å². The minimum Gasteiger partial charge on any atom is -0.493 e. The van der Waals surface area contributed by atoms with E-state index in [1.165, 1.54) is 0 Å². The monoisotopic (exact) mass is 582 g/mol. The fourth-order valence-corrected chi connectivity index (χ4v) is 4.69. The van der Waals surface area contributed by atoms with Crippen LogP contribution < -0.4 is 18.9 Å². The third kappa shape index (κ3) is 9.40. The fourth-order valence-electron chi connectivity index (χ4n) is 4.23. The van der Waals surface area contributed by atoms with Gasteiger partial charge in [0, 0.05) is 37.6 Å². The molecule has 0 radical (unpaired) electrons. The van der Waals surface area contributed by atoms with Crippen LogP contribution in [0.2, 0.25) is 0 Å². The smallest absolute Gasteiger partial charge is 0.208 e. The van der Waals surface area contributed by atoms with Gasteiger partial charge in [-0.05, 0) is 42.0 Å². The summed E-state index contributed by atoms with van der Waals surface area (Å²) >= 11 is 0. The van der Waals surface area contributed by atoms with E-state index in [9.17, 15) is 13.7 Å². The van der Waals surface area contributed by atoms with Gasteiger partial charge in [-0.1, -0.05) is 6.07 Å². The van der Waals surface area contributed by atoms with Crippen LogP contribution in [0.15, 0.2) is 48.7 Å². The van der Waals surface area contributed by atoms with Gasteiger partial charge in [0.05, 0.1) is 51.1 Å². The molecule has 1 fully saturated rings. The van der Waals surface area contributed by atoms with Gasteiger partial charge in [-0.15, -0.1) is 0 Å². The van der Waals surface area contributed by atoms with Crippen molar-refractivity contribution in [3.05, 3.63) is 65.6 Å². The highest BCUT2D eigenvalue weighted by Crippen LogP contribution is 2.30. The molecule has 0 spiro atoms. The summed E-state index contributed by atoms with van der Waals surface area (Å²) in [6.07, 6.45) is 4.93. The third-order valence-electron chi connectivity index (χ3n) is 6.25. The Balaban J connectivity index is 1.36. The van der Waals surface area contributed by atoms with Gasteiger partial charge in [0.15, 0.2) is 11.5 Å². The number of nitriles is 1. The Morgan fingerprint density at radius 2 is 1.85 bits per heavy atom. The largest absolute Gasteiger partial charge is 0.493 e. The highest BCUT2D eigenvalue weighted by atomic mass is 32.2. The maximum absolute atomic E-state index is 11.1. The molecular formula is C29H34N4O7S. The molecule has 1 aliphatic rings.